The van der Waals surface area contributed by atoms with Crippen LogP contribution < -0.4 is 15.4 Å². The van der Waals surface area contributed by atoms with E-state index in [0.29, 0.717) is 12.2 Å². The van der Waals surface area contributed by atoms with Gasteiger partial charge in [0.2, 0.25) is 0 Å². The molecule has 2 aromatic rings. The average molecular weight is 286 g/mol. The Morgan fingerprint density at radius 3 is 2.33 bits per heavy atom. The lowest BCUT2D eigenvalue weighted by Crippen LogP contribution is -2.10. The van der Waals surface area contributed by atoms with Crippen LogP contribution in [0.5, 0.6) is 5.75 Å². The third-order valence-corrected chi connectivity index (χ3v) is 2.99. The van der Waals surface area contributed by atoms with E-state index in [2.05, 4.69) is 15.4 Å². The molecule has 0 spiro atoms. The highest BCUT2D eigenvalue weighted by Crippen LogP contribution is 2.20. The van der Waals surface area contributed by atoms with Crippen molar-refractivity contribution in [2.45, 2.75) is 6.54 Å². The van der Waals surface area contributed by atoms with Gasteiger partial charge in [-0.05, 0) is 30.3 Å². The van der Waals surface area contributed by atoms with Crippen molar-refractivity contribution < 1.29 is 14.3 Å². The predicted octanol–water partition coefficient (Wildman–Crippen LogP) is 3.49. The van der Waals surface area contributed by atoms with Crippen LogP contribution in [0.25, 0.3) is 0 Å². The summed E-state index contributed by atoms with van der Waals surface area (Å²) < 4.78 is 9.84. The van der Waals surface area contributed by atoms with Crippen LogP contribution in [0, 0.1) is 0 Å². The zero-order valence-corrected chi connectivity index (χ0v) is 12.1. The van der Waals surface area contributed by atoms with Gasteiger partial charge in [-0.15, -0.1) is 0 Å². The second-order valence-corrected chi connectivity index (χ2v) is 4.36. The molecule has 0 fully saturated rings. The number of benzene rings is 2. The summed E-state index contributed by atoms with van der Waals surface area (Å²) in [5.41, 5.74) is 2.72. The number of methoxy groups -OCH3 is 2. The minimum absolute atomic E-state index is 0.482. The minimum atomic E-state index is -0.482. The fraction of sp³-hybridized carbons (Fsp3) is 0.188. The first-order chi connectivity index (χ1) is 10.2. The summed E-state index contributed by atoms with van der Waals surface area (Å²) >= 11 is 0. The van der Waals surface area contributed by atoms with Gasteiger partial charge in [-0.3, -0.25) is 5.32 Å². The molecule has 5 nitrogen and oxygen atoms in total. The molecule has 0 atom stereocenters. The van der Waals surface area contributed by atoms with Gasteiger partial charge >= 0.3 is 6.09 Å². The quantitative estimate of drug-likeness (QED) is 0.883. The molecule has 5 heteroatoms. The van der Waals surface area contributed by atoms with Crippen molar-refractivity contribution in [3.63, 3.8) is 0 Å². The van der Waals surface area contributed by atoms with Crippen LogP contribution in [0.1, 0.15) is 5.56 Å². The Morgan fingerprint density at radius 2 is 1.67 bits per heavy atom. The van der Waals surface area contributed by atoms with E-state index in [0.717, 1.165) is 17.0 Å². The smallest absolute Gasteiger partial charge is 0.411 e. The third kappa shape index (κ3) is 4.14. The van der Waals surface area contributed by atoms with Crippen molar-refractivity contribution in [1.29, 1.82) is 0 Å². The number of amides is 1. The first-order valence-corrected chi connectivity index (χ1v) is 6.53. The van der Waals surface area contributed by atoms with Gasteiger partial charge in [0.05, 0.1) is 14.2 Å². The number of para-hydroxylation sites is 1. The largest absolute Gasteiger partial charge is 0.496 e. The molecule has 2 aromatic carbocycles. The van der Waals surface area contributed by atoms with Crippen molar-refractivity contribution >= 4 is 17.5 Å². The summed E-state index contributed by atoms with van der Waals surface area (Å²) in [6, 6.07) is 15.3. The van der Waals surface area contributed by atoms with Crippen LogP contribution in [-0.2, 0) is 11.3 Å². The molecule has 0 unspecified atom stereocenters. The molecule has 110 valence electrons. The Balaban J connectivity index is 1.96. The summed E-state index contributed by atoms with van der Waals surface area (Å²) in [6.07, 6.45) is -0.482. The molecule has 0 heterocycles. The Morgan fingerprint density at radius 1 is 1.00 bits per heavy atom. The summed E-state index contributed by atoms with van der Waals surface area (Å²) in [6.45, 7) is 0.661. The van der Waals surface area contributed by atoms with E-state index in [1.54, 1.807) is 7.11 Å². The summed E-state index contributed by atoms with van der Waals surface area (Å²) in [5, 5.41) is 5.91. The van der Waals surface area contributed by atoms with E-state index >= 15 is 0 Å². The van der Waals surface area contributed by atoms with E-state index in [1.807, 2.05) is 48.5 Å². The maximum atomic E-state index is 11.1. The molecule has 0 radical (unpaired) electrons. The van der Waals surface area contributed by atoms with Gasteiger partial charge in [-0.1, -0.05) is 18.2 Å². The molecule has 0 bridgehead atoms. The molecule has 1 amide bonds. The molecule has 0 aromatic heterocycles. The van der Waals surface area contributed by atoms with Gasteiger partial charge in [0.1, 0.15) is 5.75 Å². The van der Waals surface area contributed by atoms with Crippen molar-refractivity contribution in [2.24, 2.45) is 0 Å². The Labute approximate surface area is 123 Å². The number of nitrogens with one attached hydrogen (secondary N) is 2. The van der Waals surface area contributed by atoms with Crippen LogP contribution in [0.3, 0.4) is 0 Å². The highest BCUT2D eigenvalue weighted by atomic mass is 16.5. The second kappa shape index (κ2) is 7.19. The molecule has 2 N–H and O–H groups in total. The van der Waals surface area contributed by atoms with E-state index in [1.165, 1.54) is 7.11 Å². The van der Waals surface area contributed by atoms with Crippen molar-refractivity contribution in [1.82, 2.24) is 0 Å². The number of rotatable bonds is 5. The maximum absolute atomic E-state index is 11.1. The topological polar surface area (TPSA) is 59.6 Å². The van der Waals surface area contributed by atoms with Crippen molar-refractivity contribution in [3.05, 3.63) is 54.1 Å². The highest BCUT2D eigenvalue weighted by Gasteiger charge is 2.02. The van der Waals surface area contributed by atoms with Crippen LogP contribution in [0.4, 0.5) is 16.2 Å². The van der Waals surface area contributed by atoms with Crippen LogP contribution in [0.15, 0.2) is 48.5 Å². The molecular formula is C16H18N2O3. The molecule has 0 saturated carbocycles. The summed E-state index contributed by atoms with van der Waals surface area (Å²) in [5.74, 6) is 0.856. The van der Waals surface area contributed by atoms with Crippen LogP contribution in [0.2, 0.25) is 0 Å². The van der Waals surface area contributed by atoms with E-state index in [9.17, 15) is 4.79 Å². The fourth-order valence-corrected chi connectivity index (χ4v) is 1.89. The number of hydrogen-bond donors (Lipinski definition) is 2. The zero-order valence-electron chi connectivity index (χ0n) is 12.1. The molecule has 0 aliphatic rings. The SMILES string of the molecule is COC(=O)Nc1ccc(NCc2ccccc2OC)cc1. The lowest BCUT2D eigenvalue weighted by atomic mass is 10.2. The molecule has 0 saturated heterocycles. The number of hydrogen-bond acceptors (Lipinski definition) is 4. The van der Waals surface area contributed by atoms with Gasteiger partial charge in [0.15, 0.2) is 0 Å². The van der Waals surface area contributed by atoms with Gasteiger partial charge in [-0.25, -0.2) is 4.79 Å². The average Bonchev–Trinajstić information content (AvgIpc) is 2.54. The predicted molar refractivity (Wildman–Crippen MR) is 82.8 cm³/mol. The Hall–Kier alpha value is -2.69. The Bertz CT molecular complexity index is 597. The minimum Gasteiger partial charge on any atom is -0.496 e. The van der Waals surface area contributed by atoms with Gasteiger partial charge in [0.25, 0.3) is 0 Å². The monoisotopic (exact) mass is 286 g/mol. The molecular weight excluding hydrogens is 268 g/mol. The zero-order chi connectivity index (χ0) is 15.1. The number of carbonyl (C=O) groups is 1. The van der Waals surface area contributed by atoms with Gasteiger partial charge in [-0.2, -0.15) is 0 Å². The molecule has 0 aliphatic carbocycles. The first kappa shape index (κ1) is 14.7. The van der Waals surface area contributed by atoms with Crippen LogP contribution in [-0.4, -0.2) is 20.3 Å². The normalized spacial score (nSPS) is 9.81. The standard InChI is InChI=1S/C16H18N2O3/c1-20-15-6-4-3-5-12(15)11-17-13-7-9-14(10-8-13)18-16(19)21-2/h3-10,17H,11H2,1-2H3,(H,18,19). The molecule has 0 aliphatic heterocycles. The van der Waals surface area contributed by atoms with E-state index in [-0.39, 0.29) is 0 Å². The third-order valence-electron chi connectivity index (χ3n) is 2.99. The van der Waals surface area contributed by atoms with Crippen LogP contribution >= 0.6 is 0 Å². The summed E-state index contributed by atoms with van der Waals surface area (Å²) in [7, 11) is 2.99. The van der Waals surface area contributed by atoms with Crippen molar-refractivity contribution in [2.75, 3.05) is 24.9 Å². The lowest BCUT2D eigenvalue weighted by Gasteiger charge is -2.11. The number of carbonyl (C=O) groups excluding carboxylic acids is 1. The van der Waals surface area contributed by atoms with Gasteiger partial charge in [0, 0.05) is 23.5 Å². The Kier molecular flexibility index (Phi) is 5.04. The van der Waals surface area contributed by atoms with E-state index < -0.39 is 6.09 Å². The highest BCUT2D eigenvalue weighted by molar-refractivity contribution is 5.84. The van der Waals surface area contributed by atoms with Crippen molar-refractivity contribution in [3.8, 4) is 5.75 Å². The lowest BCUT2D eigenvalue weighted by molar-refractivity contribution is 0.187. The number of ether oxygens (including phenoxy) is 2. The summed E-state index contributed by atoms with van der Waals surface area (Å²) in [4.78, 5) is 11.1. The second-order valence-electron chi connectivity index (χ2n) is 4.36. The van der Waals surface area contributed by atoms with E-state index in [4.69, 9.17) is 4.74 Å². The molecule has 21 heavy (non-hydrogen) atoms. The first-order valence-electron chi connectivity index (χ1n) is 6.53. The van der Waals surface area contributed by atoms with Gasteiger partial charge < -0.3 is 14.8 Å². The molecule has 2 rings (SSSR count). The number of anilines is 2. The maximum Gasteiger partial charge on any atom is 0.411 e. The fourth-order valence-electron chi connectivity index (χ4n) is 1.89.